The fraction of sp³-hybridized carbons (Fsp3) is 0.364. The van der Waals surface area contributed by atoms with Crippen LogP contribution in [-0.4, -0.2) is 36.3 Å². The predicted molar refractivity (Wildman–Crippen MR) is 62.7 cm³/mol. The third kappa shape index (κ3) is 2.68. The monoisotopic (exact) mass is 247 g/mol. The molecule has 2 rings (SSSR count). The fourth-order valence-corrected chi connectivity index (χ4v) is 1.62. The molecule has 1 N–H and O–H groups in total. The van der Waals surface area contributed by atoms with E-state index in [1.54, 1.807) is 10.9 Å². The van der Waals surface area contributed by atoms with Gasteiger partial charge in [-0.1, -0.05) is 6.07 Å². The summed E-state index contributed by atoms with van der Waals surface area (Å²) in [5.41, 5.74) is 1.70. The van der Waals surface area contributed by atoms with Gasteiger partial charge >= 0.3 is 5.97 Å². The zero-order chi connectivity index (χ0) is 13.0. The van der Waals surface area contributed by atoms with Gasteiger partial charge in [-0.2, -0.15) is 0 Å². The van der Waals surface area contributed by atoms with E-state index in [0.717, 1.165) is 11.3 Å². The summed E-state index contributed by atoms with van der Waals surface area (Å²) in [5, 5.41) is 20.0. The zero-order valence-corrected chi connectivity index (χ0v) is 9.94. The molecule has 7 nitrogen and oxygen atoms in total. The molecule has 94 valence electrons. The summed E-state index contributed by atoms with van der Waals surface area (Å²) in [4.78, 5) is 14.7. The van der Waals surface area contributed by atoms with E-state index in [9.17, 15) is 4.79 Å². The van der Waals surface area contributed by atoms with Gasteiger partial charge in [-0.3, -0.25) is 9.78 Å². The number of carbonyl (C=O) groups is 1. The number of aromatic nitrogens is 5. The second-order valence-electron chi connectivity index (χ2n) is 3.89. The minimum absolute atomic E-state index is 0.0977. The first-order valence-corrected chi connectivity index (χ1v) is 5.58. The third-order valence-electron chi connectivity index (χ3n) is 2.51. The van der Waals surface area contributed by atoms with Crippen molar-refractivity contribution in [3.63, 3.8) is 0 Å². The van der Waals surface area contributed by atoms with E-state index in [2.05, 4.69) is 20.5 Å². The van der Waals surface area contributed by atoms with Gasteiger partial charge in [0.05, 0.1) is 0 Å². The van der Waals surface area contributed by atoms with Crippen molar-refractivity contribution < 1.29 is 9.90 Å². The van der Waals surface area contributed by atoms with E-state index in [1.165, 1.54) is 0 Å². The standard InChI is InChI=1S/C11H13N5O2/c1-8-4-2-6-12-10(8)11-13-14-15-16(11)7-3-5-9(17)18/h2,4,6H,3,5,7H2,1H3,(H,17,18). The number of aliphatic carboxylic acids is 1. The number of carboxylic acid groups (broad SMARTS) is 1. The highest BCUT2D eigenvalue weighted by molar-refractivity contribution is 5.66. The molecule has 0 amide bonds. The van der Waals surface area contributed by atoms with E-state index < -0.39 is 5.97 Å². The van der Waals surface area contributed by atoms with Crippen LogP contribution < -0.4 is 0 Å². The molecule has 0 aliphatic rings. The molecule has 0 aliphatic carbocycles. The Balaban J connectivity index is 2.18. The van der Waals surface area contributed by atoms with Gasteiger partial charge < -0.3 is 5.11 Å². The van der Waals surface area contributed by atoms with Gasteiger partial charge in [-0.25, -0.2) is 4.68 Å². The second kappa shape index (κ2) is 5.35. The van der Waals surface area contributed by atoms with Crippen LogP contribution in [0.1, 0.15) is 18.4 Å². The molecule has 18 heavy (non-hydrogen) atoms. The molecule has 2 aromatic heterocycles. The molecule has 7 heteroatoms. The average molecular weight is 247 g/mol. The molecule has 0 aromatic carbocycles. The largest absolute Gasteiger partial charge is 0.481 e. The van der Waals surface area contributed by atoms with Gasteiger partial charge in [0.2, 0.25) is 5.82 Å². The highest BCUT2D eigenvalue weighted by Crippen LogP contribution is 2.17. The quantitative estimate of drug-likeness (QED) is 0.843. The minimum Gasteiger partial charge on any atom is -0.481 e. The van der Waals surface area contributed by atoms with Crippen LogP contribution >= 0.6 is 0 Å². The van der Waals surface area contributed by atoms with E-state index in [4.69, 9.17) is 5.11 Å². The minimum atomic E-state index is -0.821. The molecule has 0 saturated heterocycles. The van der Waals surface area contributed by atoms with E-state index in [-0.39, 0.29) is 6.42 Å². The first-order chi connectivity index (χ1) is 8.68. The Hall–Kier alpha value is -2.31. The predicted octanol–water partition coefficient (Wildman–Crippen LogP) is 0.908. The highest BCUT2D eigenvalue weighted by Gasteiger charge is 2.12. The maximum atomic E-state index is 10.5. The Labute approximate surface area is 103 Å². The number of tetrazole rings is 1. The van der Waals surface area contributed by atoms with Crippen molar-refractivity contribution in [1.29, 1.82) is 0 Å². The van der Waals surface area contributed by atoms with Crippen LogP contribution in [0.25, 0.3) is 11.5 Å². The smallest absolute Gasteiger partial charge is 0.303 e. The molecular formula is C11H13N5O2. The Morgan fingerprint density at radius 2 is 2.33 bits per heavy atom. The summed E-state index contributed by atoms with van der Waals surface area (Å²) in [6, 6.07) is 3.77. The molecule has 0 fully saturated rings. The zero-order valence-electron chi connectivity index (χ0n) is 9.94. The Kier molecular flexibility index (Phi) is 3.61. The molecule has 0 spiro atoms. The van der Waals surface area contributed by atoms with Crippen molar-refractivity contribution in [3.05, 3.63) is 23.9 Å². The van der Waals surface area contributed by atoms with E-state index in [0.29, 0.717) is 18.8 Å². The van der Waals surface area contributed by atoms with E-state index >= 15 is 0 Å². The first-order valence-electron chi connectivity index (χ1n) is 5.58. The summed E-state index contributed by atoms with van der Waals surface area (Å²) >= 11 is 0. The van der Waals surface area contributed by atoms with Crippen LogP contribution in [0.3, 0.4) is 0 Å². The van der Waals surface area contributed by atoms with Crippen molar-refractivity contribution >= 4 is 5.97 Å². The van der Waals surface area contributed by atoms with Crippen molar-refractivity contribution in [2.24, 2.45) is 0 Å². The number of aryl methyl sites for hydroxylation is 2. The number of rotatable bonds is 5. The summed E-state index contributed by atoms with van der Waals surface area (Å²) in [5.74, 6) is -0.253. The number of pyridine rings is 1. The normalized spacial score (nSPS) is 10.5. The highest BCUT2D eigenvalue weighted by atomic mass is 16.4. The van der Waals surface area contributed by atoms with Crippen LogP contribution in [0.15, 0.2) is 18.3 Å². The van der Waals surface area contributed by atoms with Crippen molar-refractivity contribution in [3.8, 4) is 11.5 Å². The average Bonchev–Trinajstić information content (AvgIpc) is 2.77. The van der Waals surface area contributed by atoms with Crippen molar-refractivity contribution in [2.75, 3.05) is 0 Å². The number of carboxylic acids is 1. The molecule has 0 radical (unpaired) electrons. The lowest BCUT2D eigenvalue weighted by Crippen LogP contribution is -2.06. The number of hydrogen-bond acceptors (Lipinski definition) is 5. The lowest BCUT2D eigenvalue weighted by molar-refractivity contribution is -0.137. The second-order valence-corrected chi connectivity index (χ2v) is 3.89. The molecule has 2 aromatic rings. The van der Waals surface area contributed by atoms with Gasteiger partial charge in [-0.15, -0.1) is 5.10 Å². The van der Waals surface area contributed by atoms with Gasteiger partial charge in [0.15, 0.2) is 0 Å². The lowest BCUT2D eigenvalue weighted by atomic mass is 10.2. The molecular weight excluding hydrogens is 234 g/mol. The number of hydrogen-bond donors (Lipinski definition) is 1. The van der Waals surface area contributed by atoms with Gasteiger partial charge in [0.25, 0.3) is 0 Å². The Bertz CT molecular complexity index is 552. The SMILES string of the molecule is Cc1cccnc1-c1nnnn1CCCC(=O)O. The summed E-state index contributed by atoms with van der Waals surface area (Å²) in [7, 11) is 0. The van der Waals surface area contributed by atoms with Crippen LogP contribution in [0.5, 0.6) is 0 Å². The first kappa shape index (κ1) is 12.2. The lowest BCUT2D eigenvalue weighted by Gasteiger charge is -2.04. The van der Waals surface area contributed by atoms with Gasteiger partial charge in [0, 0.05) is 19.2 Å². The molecule has 0 atom stereocenters. The summed E-state index contributed by atoms with van der Waals surface area (Å²) < 4.78 is 1.58. The third-order valence-corrected chi connectivity index (χ3v) is 2.51. The summed E-state index contributed by atoms with van der Waals surface area (Å²) in [6.07, 6.45) is 2.26. The van der Waals surface area contributed by atoms with Crippen molar-refractivity contribution in [2.45, 2.75) is 26.3 Å². The number of nitrogens with zero attached hydrogens (tertiary/aromatic N) is 5. The van der Waals surface area contributed by atoms with Crippen LogP contribution in [0.2, 0.25) is 0 Å². The fourth-order valence-electron chi connectivity index (χ4n) is 1.62. The molecule has 0 unspecified atom stereocenters. The molecule has 0 aliphatic heterocycles. The Morgan fingerprint density at radius 1 is 1.50 bits per heavy atom. The summed E-state index contributed by atoms with van der Waals surface area (Å²) in [6.45, 7) is 2.39. The van der Waals surface area contributed by atoms with Crippen LogP contribution in [-0.2, 0) is 11.3 Å². The molecule has 2 heterocycles. The van der Waals surface area contributed by atoms with Crippen LogP contribution in [0.4, 0.5) is 0 Å². The maximum Gasteiger partial charge on any atom is 0.303 e. The topological polar surface area (TPSA) is 93.8 Å². The molecule has 0 bridgehead atoms. The van der Waals surface area contributed by atoms with Gasteiger partial charge in [0.1, 0.15) is 5.69 Å². The van der Waals surface area contributed by atoms with Crippen molar-refractivity contribution in [1.82, 2.24) is 25.2 Å². The van der Waals surface area contributed by atoms with Crippen LogP contribution in [0, 0.1) is 6.92 Å². The maximum absolute atomic E-state index is 10.5. The Morgan fingerprint density at radius 3 is 3.06 bits per heavy atom. The molecule has 0 saturated carbocycles. The van der Waals surface area contributed by atoms with Gasteiger partial charge in [-0.05, 0) is 35.4 Å². The van der Waals surface area contributed by atoms with E-state index in [1.807, 2.05) is 19.1 Å².